The second kappa shape index (κ2) is 11.1. The molecule has 30 heavy (non-hydrogen) atoms. The topological polar surface area (TPSA) is 56.2 Å². The van der Waals surface area contributed by atoms with E-state index in [1.165, 1.54) is 31.0 Å². The number of fused-ring (bicyclic) bond motifs is 1. The van der Waals surface area contributed by atoms with Gasteiger partial charge >= 0.3 is 0 Å². The third-order valence-corrected chi connectivity index (χ3v) is 6.22. The number of thioether (sulfide) groups is 1. The predicted molar refractivity (Wildman–Crippen MR) is 124 cm³/mol. The summed E-state index contributed by atoms with van der Waals surface area (Å²) in [5.41, 5.74) is 3.17. The van der Waals surface area contributed by atoms with Crippen LogP contribution in [0.5, 0.6) is 5.75 Å². The van der Waals surface area contributed by atoms with E-state index < -0.39 is 0 Å². The smallest absolute Gasteiger partial charge is 0.233 e. The Balaban J connectivity index is 1.64. The van der Waals surface area contributed by atoms with Crippen LogP contribution in [0, 0.1) is 0 Å². The van der Waals surface area contributed by atoms with Crippen molar-refractivity contribution in [2.45, 2.75) is 63.0 Å². The molecule has 0 aliphatic rings. The van der Waals surface area contributed by atoms with Gasteiger partial charge in [0.1, 0.15) is 5.75 Å². The first-order valence-electron chi connectivity index (χ1n) is 10.6. The number of unbranched alkanes of at least 4 members (excludes halogenated alkanes) is 3. The summed E-state index contributed by atoms with van der Waals surface area (Å²) in [7, 11) is 1.65. The van der Waals surface area contributed by atoms with Crippen LogP contribution >= 0.6 is 11.8 Å². The number of ether oxygens (including phenoxy) is 1. The number of methoxy groups -OCH3 is 1. The Morgan fingerprint density at radius 1 is 1.13 bits per heavy atom. The monoisotopic (exact) mass is 425 g/mol. The van der Waals surface area contributed by atoms with Crippen LogP contribution in [0.1, 0.15) is 45.1 Å². The highest BCUT2D eigenvalue weighted by molar-refractivity contribution is 8.00. The quantitative estimate of drug-likeness (QED) is 0.329. The molecule has 1 amide bonds. The molecule has 0 aliphatic heterocycles. The molecule has 0 saturated carbocycles. The normalized spacial score (nSPS) is 12.1. The van der Waals surface area contributed by atoms with Crippen LogP contribution in [-0.4, -0.2) is 27.8 Å². The van der Waals surface area contributed by atoms with Gasteiger partial charge in [0.25, 0.3) is 0 Å². The summed E-state index contributed by atoms with van der Waals surface area (Å²) < 4.78 is 7.44. The van der Waals surface area contributed by atoms with Crippen LogP contribution < -0.4 is 10.1 Å². The summed E-state index contributed by atoms with van der Waals surface area (Å²) in [6.07, 6.45) is 4.81. The van der Waals surface area contributed by atoms with Crippen LogP contribution in [0.15, 0.2) is 53.7 Å². The van der Waals surface area contributed by atoms with E-state index in [-0.39, 0.29) is 11.2 Å². The van der Waals surface area contributed by atoms with Crippen molar-refractivity contribution in [3.05, 3.63) is 54.1 Å². The van der Waals surface area contributed by atoms with Crippen molar-refractivity contribution in [3.8, 4) is 5.75 Å². The van der Waals surface area contributed by atoms with Crippen LogP contribution in [0.2, 0.25) is 0 Å². The maximum Gasteiger partial charge on any atom is 0.233 e. The lowest BCUT2D eigenvalue weighted by atomic mass is 10.2. The van der Waals surface area contributed by atoms with Gasteiger partial charge in [-0.15, -0.1) is 0 Å². The maximum atomic E-state index is 12.7. The fourth-order valence-corrected chi connectivity index (χ4v) is 4.32. The van der Waals surface area contributed by atoms with E-state index in [0.717, 1.165) is 40.5 Å². The van der Waals surface area contributed by atoms with E-state index in [9.17, 15) is 4.79 Å². The van der Waals surface area contributed by atoms with E-state index in [0.29, 0.717) is 6.54 Å². The number of nitrogens with one attached hydrogen (secondary N) is 1. The number of para-hydroxylation sites is 2. The molecule has 160 valence electrons. The third-order valence-electron chi connectivity index (χ3n) is 5.13. The van der Waals surface area contributed by atoms with E-state index >= 15 is 0 Å². The average molecular weight is 426 g/mol. The van der Waals surface area contributed by atoms with Gasteiger partial charge < -0.3 is 14.6 Å². The summed E-state index contributed by atoms with van der Waals surface area (Å²) in [5.74, 6) is 0.826. The van der Waals surface area contributed by atoms with Crippen molar-refractivity contribution >= 4 is 28.7 Å². The van der Waals surface area contributed by atoms with Gasteiger partial charge in [-0.2, -0.15) is 0 Å². The number of aryl methyl sites for hydroxylation is 1. The van der Waals surface area contributed by atoms with Crippen LogP contribution in [0.25, 0.3) is 11.0 Å². The van der Waals surface area contributed by atoms with Crippen molar-refractivity contribution in [2.24, 2.45) is 0 Å². The van der Waals surface area contributed by atoms with Crippen molar-refractivity contribution in [2.75, 3.05) is 7.11 Å². The van der Waals surface area contributed by atoms with Gasteiger partial charge in [0.2, 0.25) is 5.91 Å². The zero-order valence-corrected chi connectivity index (χ0v) is 18.9. The average Bonchev–Trinajstić information content (AvgIpc) is 3.12. The SMILES string of the molecule is CCCCCCn1c(S[C@H](C)C(=O)NCc2ccc(OC)cc2)nc2ccccc21. The maximum absolute atomic E-state index is 12.7. The summed E-state index contributed by atoms with van der Waals surface area (Å²) in [5, 5.41) is 3.72. The highest BCUT2D eigenvalue weighted by Gasteiger charge is 2.19. The first-order chi connectivity index (χ1) is 14.6. The Bertz CT molecular complexity index is 953. The number of carbonyl (C=O) groups is 1. The number of aromatic nitrogens is 2. The molecule has 5 nitrogen and oxygen atoms in total. The number of rotatable bonds is 11. The molecule has 1 aromatic heterocycles. The highest BCUT2D eigenvalue weighted by atomic mass is 32.2. The summed E-state index contributed by atoms with van der Waals surface area (Å²) >= 11 is 1.53. The number of amides is 1. The summed E-state index contributed by atoms with van der Waals surface area (Å²) in [6, 6.07) is 15.9. The van der Waals surface area contributed by atoms with Gasteiger partial charge in [-0.05, 0) is 43.2 Å². The number of nitrogens with zero attached hydrogens (tertiary/aromatic N) is 2. The van der Waals surface area contributed by atoms with E-state index in [1.807, 2.05) is 49.4 Å². The van der Waals surface area contributed by atoms with Gasteiger partial charge in [-0.1, -0.05) is 62.2 Å². The highest BCUT2D eigenvalue weighted by Crippen LogP contribution is 2.28. The Morgan fingerprint density at radius 3 is 2.63 bits per heavy atom. The molecule has 0 aliphatic carbocycles. The van der Waals surface area contributed by atoms with E-state index in [4.69, 9.17) is 9.72 Å². The zero-order valence-electron chi connectivity index (χ0n) is 18.1. The number of carbonyl (C=O) groups excluding carboxylic acids is 1. The molecule has 0 fully saturated rings. The number of imidazole rings is 1. The number of hydrogen-bond acceptors (Lipinski definition) is 4. The summed E-state index contributed by atoms with van der Waals surface area (Å²) in [4.78, 5) is 17.5. The lowest BCUT2D eigenvalue weighted by Gasteiger charge is -2.14. The largest absolute Gasteiger partial charge is 0.497 e. The van der Waals surface area contributed by atoms with E-state index in [2.05, 4.69) is 22.9 Å². The molecule has 3 rings (SSSR count). The lowest BCUT2D eigenvalue weighted by molar-refractivity contribution is -0.120. The molecule has 0 spiro atoms. The van der Waals surface area contributed by atoms with Gasteiger partial charge in [0, 0.05) is 13.1 Å². The van der Waals surface area contributed by atoms with Crippen molar-refractivity contribution in [1.29, 1.82) is 0 Å². The molecule has 2 aromatic carbocycles. The Kier molecular flexibility index (Phi) is 8.20. The first kappa shape index (κ1) is 22.2. The number of hydrogen-bond donors (Lipinski definition) is 1. The van der Waals surface area contributed by atoms with Gasteiger partial charge in [-0.25, -0.2) is 4.98 Å². The standard InChI is InChI=1S/C24H31N3O2S/c1-4-5-6-9-16-27-22-11-8-7-10-21(22)26-24(27)30-18(2)23(28)25-17-19-12-14-20(29-3)15-13-19/h7-8,10-15,18H,4-6,9,16-17H2,1-3H3,(H,25,28)/t18-/m1/s1. The lowest BCUT2D eigenvalue weighted by Crippen LogP contribution is -2.30. The van der Waals surface area contributed by atoms with Crippen LogP contribution in [-0.2, 0) is 17.9 Å². The van der Waals surface area contributed by atoms with Gasteiger partial charge in [0.05, 0.1) is 23.4 Å². The second-order valence-corrected chi connectivity index (χ2v) is 8.73. The zero-order chi connectivity index (χ0) is 21.3. The predicted octanol–water partition coefficient (Wildman–Crippen LogP) is 5.42. The third kappa shape index (κ3) is 5.79. The fraction of sp³-hybridized carbons (Fsp3) is 0.417. The number of benzene rings is 2. The molecule has 6 heteroatoms. The second-order valence-electron chi connectivity index (χ2n) is 7.42. The summed E-state index contributed by atoms with van der Waals surface area (Å²) in [6.45, 7) is 5.60. The Hall–Kier alpha value is -2.47. The molecule has 0 unspecified atom stereocenters. The minimum absolute atomic E-state index is 0.0143. The van der Waals surface area contributed by atoms with Crippen molar-refractivity contribution in [1.82, 2.24) is 14.9 Å². The van der Waals surface area contributed by atoms with Crippen LogP contribution in [0.3, 0.4) is 0 Å². The fourth-order valence-electron chi connectivity index (χ4n) is 3.34. The molecular formula is C24H31N3O2S. The van der Waals surface area contributed by atoms with Gasteiger partial charge in [0.15, 0.2) is 5.16 Å². The van der Waals surface area contributed by atoms with E-state index in [1.54, 1.807) is 7.11 Å². The molecule has 1 atom stereocenters. The minimum atomic E-state index is -0.227. The molecule has 1 N–H and O–H groups in total. The minimum Gasteiger partial charge on any atom is -0.497 e. The van der Waals surface area contributed by atoms with Gasteiger partial charge in [-0.3, -0.25) is 4.79 Å². The Labute approximate surface area is 183 Å². The molecule has 0 radical (unpaired) electrons. The van der Waals surface area contributed by atoms with Crippen molar-refractivity contribution < 1.29 is 9.53 Å². The van der Waals surface area contributed by atoms with Crippen molar-refractivity contribution in [3.63, 3.8) is 0 Å². The molecular weight excluding hydrogens is 394 g/mol. The Morgan fingerprint density at radius 2 is 1.90 bits per heavy atom. The molecule has 0 saturated heterocycles. The molecule has 0 bridgehead atoms. The molecule has 1 heterocycles. The first-order valence-corrected chi connectivity index (χ1v) is 11.5. The van der Waals surface area contributed by atoms with Crippen LogP contribution in [0.4, 0.5) is 0 Å². The molecule has 3 aromatic rings.